The van der Waals surface area contributed by atoms with Crippen LogP contribution >= 0.6 is 0 Å². The summed E-state index contributed by atoms with van der Waals surface area (Å²) in [5.41, 5.74) is 3.12. The van der Waals surface area contributed by atoms with E-state index in [1.54, 1.807) is 19.2 Å². The van der Waals surface area contributed by atoms with Gasteiger partial charge in [0, 0.05) is 5.69 Å². The zero-order valence-corrected chi connectivity index (χ0v) is 16.5. The first-order valence-electron chi connectivity index (χ1n) is 9.39. The monoisotopic (exact) mass is 382 g/mol. The van der Waals surface area contributed by atoms with Crippen molar-refractivity contribution in [1.82, 2.24) is 5.32 Å². The fraction of sp³-hybridized carbons (Fsp3) is 0.364. The molecule has 6 nitrogen and oxygen atoms in total. The number of aliphatic hydroxyl groups is 1. The van der Waals surface area contributed by atoms with Crippen molar-refractivity contribution >= 4 is 17.5 Å². The number of nitrogens with one attached hydrogen (secondary N) is 2. The van der Waals surface area contributed by atoms with Crippen molar-refractivity contribution in [3.63, 3.8) is 0 Å². The van der Waals surface area contributed by atoms with E-state index < -0.39 is 17.4 Å². The number of rotatable bonds is 4. The molecule has 0 saturated heterocycles. The maximum Gasteiger partial charge on any atom is 0.313 e. The predicted octanol–water partition coefficient (Wildman–Crippen LogP) is 2.59. The van der Waals surface area contributed by atoms with Gasteiger partial charge in [0.1, 0.15) is 11.4 Å². The summed E-state index contributed by atoms with van der Waals surface area (Å²) < 4.78 is 5.25. The van der Waals surface area contributed by atoms with Gasteiger partial charge in [-0.2, -0.15) is 0 Å². The van der Waals surface area contributed by atoms with E-state index in [9.17, 15) is 14.7 Å². The van der Waals surface area contributed by atoms with Crippen LogP contribution in [0.3, 0.4) is 0 Å². The molecule has 0 aliphatic heterocycles. The first-order chi connectivity index (χ1) is 13.3. The average Bonchev–Trinajstić information content (AvgIpc) is 2.69. The molecule has 1 unspecified atom stereocenters. The second kappa shape index (κ2) is 8.02. The summed E-state index contributed by atoms with van der Waals surface area (Å²) in [5.74, 6) is -0.780. The van der Waals surface area contributed by atoms with Crippen LogP contribution in [0.25, 0.3) is 0 Å². The molecule has 0 radical (unpaired) electrons. The third kappa shape index (κ3) is 4.02. The Bertz CT molecular complexity index is 909. The van der Waals surface area contributed by atoms with E-state index in [1.807, 2.05) is 38.1 Å². The number of fused-ring (bicyclic) bond motifs is 1. The number of carbonyl (C=O) groups is 2. The van der Waals surface area contributed by atoms with Gasteiger partial charge in [0.15, 0.2) is 0 Å². The van der Waals surface area contributed by atoms with E-state index in [4.69, 9.17) is 4.74 Å². The zero-order valence-electron chi connectivity index (χ0n) is 16.5. The summed E-state index contributed by atoms with van der Waals surface area (Å²) in [4.78, 5) is 24.5. The van der Waals surface area contributed by atoms with Crippen molar-refractivity contribution in [3.8, 4) is 5.75 Å². The Morgan fingerprint density at radius 1 is 1.18 bits per heavy atom. The molecule has 3 N–H and O–H groups in total. The molecule has 6 heteroatoms. The van der Waals surface area contributed by atoms with E-state index >= 15 is 0 Å². The quantitative estimate of drug-likeness (QED) is 0.710. The summed E-state index contributed by atoms with van der Waals surface area (Å²) >= 11 is 0. The van der Waals surface area contributed by atoms with Crippen molar-refractivity contribution in [2.75, 3.05) is 19.0 Å². The number of aryl methyl sites for hydroxylation is 2. The molecule has 1 atom stereocenters. The lowest BCUT2D eigenvalue weighted by Gasteiger charge is -2.34. The number of methoxy groups -OCH3 is 1. The average molecular weight is 382 g/mol. The molecular weight excluding hydrogens is 356 g/mol. The molecule has 0 heterocycles. The molecule has 0 spiro atoms. The van der Waals surface area contributed by atoms with Crippen LogP contribution in [0.1, 0.15) is 35.1 Å². The molecule has 3 rings (SSSR count). The topological polar surface area (TPSA) is 87.7 Å². The van der Waals surface area contributed by atoms with Crippen molar-refractivity contribution in [1.29, 1.82) is 0 Å². The lowest BCUT2D eigenvalue weighted by molar-refractivity contribution is -0.137. The number of benzene rings is 2. The van der Waals surface area contributed by atoms with Crippen molar-refractivity contribution in [3.05, 3.63) is 58.7 Å². The molecule has 28 heavy (non-hydrogen) atoms. The van der Waals surface area contributed by atoms with E-state index in [-0.39, 0.29) is 6.54 Å². The molecule has 0 aromatic heterocycles. The summed E-state index contributed by atoms with van der Waals surface area (Å²) in [6.07, 6.45) is 2.16. The minimum atomic E-state index is -1.20. The second-order valence-corrected chi connectivity index (χ2v) is 7.29. The molecule has 1 aliphatic rings. The third-order valence-corrected chi connectivity index (χ3v) is 5.45. The Hall–Kier alpha value is -2.86. The Morgan fingerprint density at radius 3 is 2.71 bits per heavy atom. The van der Waals surface area contributed by atoms with Gasteiger partial charge in [-0.1, -0.05) is 18.2 Å². The van der Waals surface area contributed by atoms with Crippen molar-refractivity contribution in [2.24, 2.45) is 0 Å². The molecular formula is C22H26N2O4. The SMILES string of the molecule is COc1ccc2c(c1)CCCC2(O)CNC(=O)C(=O)Nc1cccc(C)c1C. The minimum Gasteiger partial charge on any atom is -0.497 e. The summed E-state index contributed by atoms with van der Waals surface area (Å²) in [5, 5.41) is 16.3. The molecule has 2 aromatic rings. The van der Waals surface area contributed by atoms with E-state index in [2.05, 4.69) is 10.6 Å². The van der Waals surface area contributed by atoms with Crippen LogP contribution in [0, 0.1) is 13.8 Å². The number of amides is 2. The third-order valence-electron chi connectivity index (χ3n) is 5.45. The van der Waals surface area contributed by atoms with Crippen LogP contribution in [-0.2, 0) is 21.6 Å². The molecule has 2 amide bonds. The first-order valence-corrected chi connectivity index (χ1v) is 9.39. The molecule has 0 saturated carbocycles. The van der Waals surface area contributed by atoms with Crippen LogP contribution in [0.5, 0.6) is 5.75 Å². The van der Waals surface area contributed by atoms with Gasteiger partial charge in [0.2, 0.25) is 0 Å². The van der Waals surface area contributed by atoms with Crippen LogP contribution < -0.4 is 15.4 Å². The zero-order chi connectivity index (χ0) is 20.3. The summed E-state index contributed by atoms with van der Waals surface area (Å²) in [6, 6.07) is 11.1. The summed E-state index contributed by atoms with van der Waals surface area (Å²) in [6.45, 7) is 3.81. The minimum absolute atomic E-state index is 0.0224. The standard InChI is InChI=1S/C22H26N2O4/c1-14-6-4-8-19(15(14)2)24-21(26)20(25)23-13-22(27)11-5-7-16-12-17(28-3)9-10-18(16)22/h4,6,8-10,12,27H,5,7,11,13H2,1-3H3,(H,23,25)(H,24,26). The summed E-state index contributed by atoms with van der Waals surface area (Å²) in [7, 11) is 1.60. The van der Waals surface area contributed by atoms with Gasteiger partial charge >= 0.3 is 11.8 Å². The van der Waals surface area contributed by atoms with Crippen LogP contribution in [-0.4, -0.2) is 30.6 Å². The van der Waals surface area contributed by atoms with Gasteiger partial charge in [0.25, 0.3) is 0 Å². The van der Waals surface area contributed by atoms with E-state index in [0.717, 1.165) is 40.8 Å². The van der Waals surface area contributed by atoms with Gasteiger partial charge in [-0.25, -0.2) is 0 Å². The van der Waals surface area contributed by atoms with Gasteiger partial charge < -0.3 is 20.5 Å². The lowest BCUT2D eigenvalue weighted by Crippen LogP contribution is -2.46. The number of ether oxygens (including phenoxy) is 1. The van der Waals surface area contributed by atoms with Crippen molar-refractivity contribution in [2.45, 2.75) is 38.7 Å². The van der Waals surface area contributed by atoms with Gasteiger partial charge in [0.05, 0.1) is 13.7 Å². The number of hydrogen-bond donors (Lipinski definition) is 3. The lowest BCUT2D eigenvalue weighted by atomic mass is 9.79. The van der Waals surface area contributed by atoms with Crippen LogP contribution in [0.2, 0.25) is 0 Å². The molecule has 148 valence electrons. The largest absolute Gasteiger partial charge is 0.497 e. The Labute approximate surface area is 164 Å². The number of hydrogen-bond acceptors (Lipinski definition) is 4. The molecule has 1 aliphatic carbocycles. The highest BCUT2D eigenvalue weighted by atomic mass is 16.5. The fourth-order valence-electron chi connectivity index (χ4n) is 3.62. The van der Waals surface area contributed by atoms with E-state index in [0.29, 0.717) is 12.1 Å². The number of carbonyl (C=O) groups excluding carboxylic acids is 2. The highest BCUT2D eigenvalue weighted by Gasteiger charge is 2.35. The van der Waals surface area contributed by atoms with Crippen LogP contribution in [0.4, 0.5) is 5.69 Å². The highest BCUT2D eigenvalue weighted by Crippen LogP contribution is 2.36. The number of anilines is 1. The predicted molar refractivity (Wildman–Crippen MR) is 107 cm³/mol. The van der Waals surface area contributed by atoms with Gasteiger partial charge in [-0.15, -0.1) is 0 Å². The van der Waals surface area contributed by atoms with Gasteiger partial charge in [-0.05, 0) is 73.6 Å². The maximum absolute atomic E-state index is 12.3. The molecule has 2 aromatic carbocycles. The second-order valence-electron chi connectivity index (χ2n) is 7.29. The Balaban J connectivity index is 1.67. The molecule has 0 fully saturated rings. The Kier molecular flexibility index (Phi) is 5.70. The first kappa shape index (κ1) is 19.9. The van der Waals surface area contributed by atoms with Gasteiger partial charge in [-0.3, -0.25) is 9.59 Å². The Morgan fingerprint density at radius 2 is 1.96 bits per heavy atom. The smallest absolute Gasteiger partial charge is 0.313 e. The van der Waals surface area contributed by atoms with Crippen molar-refractivity contribution < 1.29 is 19.4 Å². The highest BCUT2D eigenvalue weighted by molar-refractivity contribution is 6.39. The van der Waals surface area contributed by atoms with E-state index in [1.165, 1.54) is 0 Å². The normalized spacial score (nSPS) is 18.1. The fourth-order valence-corrected chi connectivity index (χ4v) is 3.62. The molecule has 0 bridgehead atoms. The maximum atomic E-state index is 12.3. The van der Waals surface area contributed by atoms with Crippen LogP contribution in [0.15, 0.2) is 36.4 Å².